The molecule has 0 radical (unpaired) electrons. The molecular weight excluding hydrogens is 250 g/mol. The van der Waals surface area contributed by atoms with E-state index in [4.69, 9.17) is 14.7 Å². The highest BCUT2D eigenvalue weighted by atomic mass is 16.5. The smallest absolute Gasteiger partial charge is 0.120 e. The van der Waals surface area contributed by atoms with E-state index >= 15 is 0 Å². The van der Waals surface area contributed by atoms with Crippen molar-refractivity contribution in [2.24, 2.45) is 5.92 Å². The van der Waals surface area contributed by atoms with Gasteiger partial charge in [-0.15, -0.1) is 0 Å². The van der Waals surface area contributed by atoms with E-state index in [1.807, 2.05) is 12.1 Å². The van der Waals surface area contributed by atoms with Crippen molar-refractivity contribution in [2.45, 2.75) is 45.1 Å². The molecule has 1 fully saturated rings. The van der Waals surface area contributed by atoms with Crippen molar-refractivity contribution >= 4 is 0 Å². The summed E-state index contributed by atoms with van der Waals surface area (Å²) < 4.78 is 11.5. The van der Waals surface area contributed by atoms with Gasteiger partial charge in [-0.3, -0.25) is 0 Å². The van der Waals surface area contributed by atoms with Crippen LogP contribution >= 0.6 is 0 Å². The Morgan fingerprint density at radius 1 is 1.30 bits per heavy atom. The lowest BCUT2D eigenvalue weighted by Crippen LogP contribution is -2.22. The number of rotatable bonds is 6. The van der Waals surface area contributed by atoms with Crippen LogP contribution in [0, 0.1) is 17.2 Å². The molecule has 0 aromatic heterocycles. The second-order valence-corrected chi connectivity index (χ2v) is 5.61. The van der Waals surface area contributed by atoms with Gasteiger partial charge in [0.05, 0.1) is 31.0 Å². The normalized spacial score (nSPS) is 22.2. The first-order valence-electron chi connectivity index (χ1n) is 7.52. The molecular formula is C17H23NO2. The molecule has 0 spiro atoms. The van der Waals surface area contributed by atoms with Crippen LogP contribution in [-0.2, 0) is 4.74 Å². The third-order valence-corrected chi connectivity index (χ3v) is 3.76. The average molecular weight is 273 g/mol. The van der Waals surface area contributed by atoms with Crippen molar-refractivity contribution in [3.63, 3.8) is 0 Å². The van der Waals surface area contributed by atoms with Crippen LogP contribution in [-0.4, -0.2) is 19.3 Å². The van der Waals surface area contributed by atoms with Crippen LogP contribution in [0.15, 0.2) is 24.3 Å². The summed E-state index contributed by atoms with van der Waals surface area (Å²) in [5.74, 6) is 1.56. The summed E-state index contributed by atoms with van der Waals surface area (Å²) in [5.41, 5.74) is 0.634. The van der Waals surface area contributed by atoms with Crippen LogP contribution in [0.2, 0.25) is 0 Å². The van der Waals surface area contributed by atoms with Crippen LogP contribution in [0.4, 0.5) is 0 Å². The van der Waals surface area contributed by atoms with Crippen molar-refractivity contribution in [3.8, 4) is 11.8 Å². The van der Waals surface area contributed by atoms with Gasteiger partial charge in [0.25, 0.3) is 0 Å². The SMILES string of the molecule is CC1CCCC(OCCCOc2cccc(C#N)c2)C1. The zero-order chi connectivity index (χ0) is 14.2. The van der Waals surface area contributed by atoms with Crippen LogP contribution in [0.25, 0.3) is 0 Å². The van der Waals surface area contributed by atoms with E-state index in [0.717, 1.165) is 24.7 Å². The van der Waals surface area contributed by atoms with E-state index < -0.39 is 0 Å². The molecule has 108 valence electrons. The van der Waals surface area contributed by atoms with Gasteiger partial charge in [-0.05, 0) is 37.0 Å². The Balaban J connectivity index is 1.60. The molecule has 0 amide bonds. The van der Waals surface area contributed by atoms with Gasteiger partial charge in [-0.1, -0.05) is 25.8 Å². The lowest BCUT2D eigenvalue weighted by Gasteiger charge is -2.26. The lowest BCUT2D eigenvalue weighted by molar-refractivity contribution is 0.0106. The van der Waals surface area contributed by atoms with Crippen molar-refractivity contribution in [2.75, 3.05) is 13.2 Å². The van der Waals surface area contributed by atoms with Gasteiger partial charge in [-0.25, -0.2) is 0 Å². The predicted octanol–water partition coefficient (Wildman–Crippen LogP) is 3.92. The third kappa shape index (κ3) is 4.86. The topological polar surface area (TPSA) is 42.2 Å². The van der Waals surface area contributed by atoms with Crippen LogP contribution in [0.1, 0.15) is 44.6 Å². The lowest BCUT2D eigenvalue weighted by atomic mass is 9.89. The Morgan fingerprint density at radius 2 is 2.20 bits per heavy atom. The highest BCUT2D eigenvalue weighted by molar-refractivity contribution is 5.36. The molecule has 3 nitrogen and oxygen atoms in total. The van der Waals surface area contributed by atoms with Crippen molar-refractivity contribution in [1.82, 2.24) is 0 Å². The second kappa shape index (κ2) is 7.91. The standard InChI is InChI=1S/C17H23NO2/c1-14-5-2-7-16(11-14)19-9-4-10-20-17-8-3-6-15(12-17)13-18/h3,6,8,12,14,16H,2,4-5,7,9-11H2,1H3. The zero-order valence-electron chi connectivity index (χ0n) is 12.2. The fraction of sp³-hybridized carbons (Fsp3) is 0.588. The minimum Gasteiger partial charge on any atom is -0.493 e. The molecule has 1 aliphatic rings. The van der Waals surface area contributed by atoms with Crippen molar-refractivity contribution in [3.05, 3.63) is 29.8 Å². The van der Waals surface area contributed by atoms with Crippen LogP contribution < -0.4 is 4.74 Å². The maximum atomic E-state index is 8.81. The summed E-state index contributed by atoms with van der Waals surface area (Å²) in [4.78, 5) is 0. The number of hydrogen-bond donors (Lipinski definition) is 0. The monoisotopic (exact) mass is 273 g/mol. The molecule has 1 saturated carbocycles. The van der Waals surface area contributed by atoms with Crippen LogP contribution in [0.3, 0.4) is 0 Å². The predicted molar refractivity (Wildman–Crippen MR) is 78.6 cm³/mol. The van der Waals surface area contributed by atoms with E-state index in [2.05, 4.69) is 13.0 Å². The largest absolute Gasteiger partial charge is 0.493 e. The van der Waals surface area contributed by atoms with E-state index in [-0.39, 0.29) is 0 Å². The highest BCUT2D eigenvalue weighted by Crippen LogP contribution is 2.25. The molecule has 1 aromatic rings. The molecule has 1 aromatic carbocycles. The Labute approximate surface area is 121 Å². The summed E-state index contributed by atoms with van der Waals surface area (Å²) in [6.07, 6.45) is 6.38. The number of nitriles is 1. The summed E-state index contributed by atoms with van der Waals surface area (Å²) in [7, 11) is 0. The fourth-order valence-electron chi connectivity index (χ4n) is 2.68. The maximum Gasteiger partial charge on any atom is 0.120 e. The van der Waals surface area contributed by atoms with Gasteiger partial charge in [-0.2, -0.15) is 5.26 Å². The first-order valence-corrected chi connectivity index (χ1v) is 7.52. The van der Waals surface area contributed by atoms with E-state index in [0.29, 0.717) is 18.3 Å². The van der Waals surface area contributed by atoms with Gasteiger partial charge in [0.2, 0.25) is 0 Å². The molecule has 0 saturated heterocycles. The second-order valence-electron chi connectivity index (χ2n) is 5.61. The molecule has 2 atom stereocenters. The Hall–Kier alpha value is -1.53. The highest BCUT2D eigenvalue weighted by Gasteiger charge is 2.18. The molecule has 0 N–H and O–H groups in total. The molecule has 3 heteroatoms. The number of hydrogen-bond acceptors (Lipinski definition) is 3. The van der Waals surface area contributed by atoms with Gasteiger partial charge >= 0.3 is 0 Å². The summed E-state index contributed by atoms with van der Waals surface area (Å²) in [6.45, 7) is 3.70. The summed E-state index contributed by atoms with van der Waals surface area (Å²) in [5, 5.41) is 8.81. The van der Waals surface area contributed by atoms with Crippen molar-refractivity contribution in [1.29, 1.82) is 5.26 Å². The molecule has 1 aliphatic carbocycles. The summed E-state index contributed by atoms with van der Waals surface area (Å²) in [6, 6.07) is 9.38. The van der Waals surface area contributed by atoms with Gasteiger partial charge in [0, 0.05) is 6.42 Å². The van der Waals surface area contributed by atoms with Gasteiger partial charge < -0.3 is 9.47 Å². The third-order valence-electron chi connectivity index (χ3n) is 3.76. The number of benzene rings is 1. The maximum absolute atomic E-state index is 8.81. The Morgan fingerprint density at radius 3 is 3.00 bits per heavy atom. The fourth-order valence-corrected chi connectivity index (χ4v) is 2.68. The minimum absolute atomic E-state index is 0.445. The Bertz CT molecular complexity index is 453. The van der Waals surface area contributed by atoms with Gasteiger partial charge in [0.15, 0.2) is 0 Å². The molecule has 2 unspecified atom stereocenters. The van der Waals surface area contributed by atoms with E-state index in [1.54, 1.807) is 12.1 Å². The molecule has 2 rings (SSSR count). The summed E-state index contributed by atoms with van der Waals surface area (Å²) >= 11 is 0. The quantitative estimate of drug-likeness (QED) is 0.738. The molecule has 0 heterocycles. The number of nitrogens with zero attached hydrogens (tertiary/aromatic N) is 1. The van der Waals surface area contributed by atoms with Crippen LogP contribution in [0.5, 0.6) is 5.75 Å². The van der Waals surface area contributed by atoms with Gasteiger partial charge in [0.1, 0.15) is 5.75 Å². The molecule has 0 bridgehead atoms. The Kier molecular flexibility index (Phi) is 5.88. The first-order chi connectivity index (χ1) is 9.78. The average Bonchev–Trinajstić information content (AvgIpc) is 2.47. The zero-order valence-corrected chi connectivity index (χ0v) is 12.2. The minimum atomic E-state index is 0.445. The van der Waals surface area contributed by atoms with E-state index in [9.17, 15) is 0 Å². The van der Waals surface area contributed by atoms with Crippen molar-refractivity contribution < 1.29 is 9.47 Å². The number of ether oxygens (including phenoxy) is 2. The molecule has 20 heavy (non-hydrogen) atoms. The first kappa shape index (κ1) is 14.9. The molecule has 0 aliphatic heterocycles. The van der Waals surface area contributed by atoms with E-state index in [1.165, 1.54) is 25.7 Å².